The molecule has 1 rings (SSSR count). The minimum absolute atomic E-state index is 0.115. The molecule has 0 spiro atoms. The van der Waals surface area contributed by atoms with Crippen LogP contribution in [-0.2, 0) is 0 Å². The first kappa shape index (κ1) is 9.85. The van der Waals surface area contributed by atoms with Crippen LogP contribution in [0, 0.1) is 5.92 Å². The average molecular weight is 180 g/mol. The largest absolute Gasteiger partial charge is 0.396 e. The van der Waals surface area contributed by atoms with E-state index in [0.717, 1.165) is 0 Å². The van der Waals surface area contributed by atoms with Crippen molar-refractivity contribution in [3.8, 4) is 0 Å². The minimum atomic E-state index is -1.57. The molecule has 0 aromatic heterocycles. The molecule has 0 saturated heterocycles. The van der Waals surface area contributed by atoms with Crippen LogP contribution >= 0.6 is 0 Å². The van der Waals surface area contributed by atoms with Gasteiger partial charge in [0.15, 0.2) is 0 Å². The second-order valence-electron chi connectivity index (χ2n) is 3.17. The summed E-state index contributed by atoms with van der Waals surface area (Å²) in [6, 6.07) is 0. The molecule has 0 aromatic carbocycles. The Balaban J connectivity index is 2.63. The molecule has 1 fully saturated rings. The SMILES string of the molecule is OC[C@@H]1C[C@@H](F)[C@@H](O)[C@H](O)[C@@H]1O. The third-order valence-electron chi connectivity index (χ3n) is 2.32. The van der Waals surface area contributed by atoms with Crippen LogP contribution in [0.1, 0.15) is 6.42 Å². The standard InChI is InChI=1S/C7H13FO4/c8-4-1-3(2-9)5(10)7(12)6(4)11/h3-7,9-12H,1-2H2/t3-,4+,5+,6+,7+/m0/s1. The van der Waals surface area contributed by atoms with Gasteiger partial charge < -0.3 is 20.4 Å². The smallest absolute Gasteiger partial charge is 0.129 e. The summed E-state index contributed by atoms with van der Waals surface area (Å²) in [6.45, 7) is -0.384. The summed E-state index contributed by atoms with van der Waals surface area (Å²) in [5.74, 6) is -0.682. The second-order valence-corrected chi connectivity index (χ2v) is 3.17. The van der Waals surface area contributed by atoms with Gasteiger partial charge in [-0.05, 0) is 6.42 Å². The lowest BCUT2D eigenvalue weighted by molar-refractivity contribution is -0.146. The predicted molar refractivity (Wildman–Crippen MR) is 38.1 cm³/mol. The molecule has 0 heterocycles. The van der Waals surface area contributed by atoms with Crippen LogP contribution in [0.25, 0.3) is 0 Å². The van der Waals surface area contributed by atoms with Crippen molar-refractivity contribution >= 4 is 0 Å². The second kappa shape index (κ2) is 3.66. The molecule has 5 heteroatoms. The monoisotopic (exact) mass is 180 g/mol. The van der Waals surface area contributed by atoms with Crippen LogP contribution in [0.15, 0.2) is 0 Å². The van der Waals surface area contributed by atoms with Crippen LogP contribution < -0.4 is 0 Å². The summed E-state index contributed by atoms with van der Waals surface area (Å²) < 4.78 is 12.8. The zero-order valence-corrected chi connectivity index (χ0v) is 6.47. The first-order chi connectivity index (χ1) is 5.57. The van der Waals surface area contributed by atoms with Gasteiger partial charge in [-0.25, -0.2) is 4.39 Å². The molecule has 12 heavy (non-hydrogen) atoms. The third kappa shape index (κ3) is 1.59. The van der Waals surface area contributed by atoms with Gasteiger partial charge in [-0.3, -0.25) is 0 Å². The molecule has 4 N–H and O–H groups in total. The highest BCUT2D eigenvalue weighted by molar-refractivity contribution is 4.92. The fourth-order valence-corrected chi connectivity index (χ4v) is 1.45. The molecule has 0 aromatic rings. The van der Waals surface area contributed by atoms with E-state index in [9.17, 15) is 9.50 Å². The van der Waals surface area contributed by atoms with Crippen molar-refractivity contribution in [1.82, 2.24) is 0 Å². The van der Waals surface area contributed by atoms with E-state index < -0.39 is 30.4 Å². The number of halogens is 1. The van der Waals surface area contributed by atoms with Crippen molar-refractivity contribution < 1.29 is 24.8 Å². The van der Waals surface area contributed by atoms with E-state index in [2.05, 4.69) is 0 Å². The Bertz CT molecular complexity index is 150. The number of alkyl halides is 1. The van der Waals surface area contributed by atoms with Gasteiger partial charge in [0.25, 0.3) is 0 Å². The Morgan fingerprint density at radius 1 is 1.08 bits per heavy atom. The maximum atomic E-state index is 12.8. The van der Waals surface area contributed by atoms with Gasteiger partial charge in [-0.15, -0.1) is 0 Å². The molecule has 1 aliphatic rings. The maximum Gasteiger partial charge on any atom is 0.129 e. The van der Waals surface area contributed by atoms with Crippen LogP contribution in [0.3, 0.4) is 0 Å². The summed E-state index contributed by atoms with van der Waals surface area (Å²) in [4.78, 5) is 0. The van der Waals surface area contributed by atoms with Gasteiger partial charge >= 0.3 is 0 Å². The van der Waals surface area contributed by atoms with Crippen LogP contribution in [0.4, 0.5) is 4.39 Å². The van der Waals surface area contributed by atoms with Crippen molar-refractivity contribution in [2.24, 2.45) is 5.92 Å². The van der Waals surface area contributed by atoms with Gasteiger partial charge in [0.05, 0.1) is 6.10 Å². The minimum Gasteiger partial charge on any atom is -0.396 e. The van der Waals surface area contributed by atoms with Crippen molar-refractivity contribution in [2.75, 3.05) is 6.61 Å². The molecular weight excluding hydrogens is 167 g/mol. The lowest BCUT2D eigenvalue weighted by Gasteiger charge is -2.36. The lowest BCUT2D eigenvalue weighted by Crippen LogP contribution is -2.53. The zero-order chi connectivity index (χ0) is 9.30. The van der Waals surface area contributed by atoms with Gasteiger partial charge in [-0.2, -0.15) is 0 Å². The van der Waals surface area contributed by atoms with E-state index >= 15 is 0 Å². The van der Waals surface area contributed by atoms with E-state index in [4.69, 9.17) is 15.3 Å². The molecule has 0 unspecified atom stereocenters. The summed E-state index contributed by atoms with van der Waals surface area (Å²) in [7, 11) is 0. The average Bonchev–Trinajstić information content (AvgIpc) is 2.08. The quantitative estimate of drug-likeness (QED) is 0.392. The number of aliphatic hydroxyl groups is 4. The fraction of sp³-hybridized carbons (Fsp3) is 1.00. The van der Waals surface area contributed by atoms with E-state index in [1.165, 1.54) is 0 Å². The Hall–Kier alpha value is -0.230. The fourth-order valence-electron chi connectivity index (χ4n) is 1.45. The molecule has 1 aliphatic carbocycles. The van der Waals surface area contributed by atoms with Gasteiger partial charge in [0.1, 0.15) is 18.4 Å². The Labute approximate surface area is 69.3 Å². The lowest BCUT2D eigenvalue weighted by atomic mass is 9.82. The molecule has 0 radical (unpaired) electrons. The molecule has 0 bridgehead atoms. The summed E-state index contributed by atoms with van der Waals surface area (Å²) >= 11 is 0. The number of hydrogen-bond acceptors (Lipinski definition) is 4. The van der Waals surface area contributed by atoms with Gasteiger partial charge in [0, 0.05) is 12.5 Å². The van der Waals surface area contributed by atoms with E-state index in [1.54, 1.807) is 0 Å². The van der Waals surface area contributed by atoms with E-state index in [0.29, 0.717) is 0 Å². The highest BCUT2D eigenvalue weighted by Gasteiger charge is 2.42. The maximum absolute atomic E-state index is 12.8. The Morgan fingerprint density at radius 3 is 2.17 bits per heavy atom. The predicted octanol–water partition coefficient (Wildman–Crippen LogP) is -1.58. The van der Waals surface area contributed by atoms with Crippen molar-refractivity contribution in [3.05, 3.63) is 0 Å². The molecule has 72 valence electrons. The van der Waals surface area contributed by atoms with Crippen LogP contribution in [0.2, 0.25) is 0 Å². The molecule has 0 aliphatic heterocycles. The summed E-state index contributed by atoms with van der Waals surface area (Å²) in [5, 5.41) is 35.9. The molecule has 0 amide bonds. The van der Waals surface area contributed by atoms with Crippen LogP contribution in [0.5, 0.6) is 0 Å². The first-order valence-electron chi connectivity index (χ1n) is 3.87. The highest BCUT2D eigenvalue weighted by atomic mass is 19.1. The Morgan fingerprint density at radius 2 is 1.67 bits per heavy atom. The third-order valence-corrected chi connectivity index (χ3v) is 2.32. The van der Waals surface area contributed by atoms with E-state index in [1.807, 2.05) is 0 Å². The first-order valence-corrected chi connectivity index (χ1v) is 3.87. The molecule has 5 atom stereocenters. The summed E-state index contributed by atoms with van der Waals surface area (Å²) in [6.07, 6.45) is -5.96. The van der Waals surface area contributed by atoms with Crippen LogP contribution in [-0.4, -0.2) is 51.5 Å². The zero-order valence-electron chi connectivity index (χ0n) is 6.47. The van der Waals surface area contributed by atoms with Crippen molar-refractivity contribution in [2.45, 2.75) is 30.9 Å². The molecular formula is C7H13FO4. The normalized spacial score (nSPS) is 49.2. The highest BCUT2D eigenvalue weighted by Crippen LogP contribution is 2.27. The van der Waals surface area contributed by atoms with Gasteiger partial charge in [0.2, 0.25) is 0 Å². The number of rotatable bonds is 1. The number of aliphatic hydroxyl groups excluding tert-OH is 4. The van der Waals surface area contributed by atoms with Crippen molar-refractivity contribution in [3.63, 3.8) is 0 Å². The van der Waals surface area contributed by atoms with Gasteiger partial charge in [-0.1, -0.05) is 0 Å². The Kier molecular flexibility index (Phi) is 3.00. The topological polar surface area (TPSA) is 80.9 Å². The van der Waals surface area contributed by atoms with E-state index in [-0.39, 0.29) is 13.0 Å². The molecule has 4 nitrogen and oxygen atoms in total. The number of hydrogen-bond donors (Lipinski definition) is 4. The summed E-state index contributed by atoms with van der Waals surface area (Å²) in [5.41, 5.74) is 0. The molecule has 1 saturated carbocycles. The van der Waals surface area contributed by atoms with Crippen molar-refractivity contribution in [1.29, 1.82) is 0 Å².